The number of aliphatic imine (C=N–C) groups is 2. The molecule has 0 fully saturated rings. The lowest BCUT2D eigenvalue weighted by atomic mass is 9.92. The lowest BCUT2D eigenvalue weighted by Gasteiger charge is -2.25. The van der Waals surface area contributed by atoms with Gasteiger partial charge in [-0.3, -0.25) is 0 Å². The quantitative estimate of drug-likeness (QED) is 0.137. The lowest BCUT2D eigenvalue weighted by molar-refractivity contribution is 0.675. The van der Waals surface area contributed by atoms with Crippen LogP contribution in [0, 0.1) is 0 Å². The van der Waals surface area contributed by atoms with Gasteiger partial charge in [0.05, 0.1) is 27.8 Å². The number of rotatable bonds is 10. The fourth-order valence-corrected chi connectivity index (χ4v) is 9.94. The molecule has 2 aromatic heterocycles. The van der Waals surface area contributed by atoms with E-state index in [9.17, 15) is 0 Å². The predicted octanol–water partition coefficient (Wildman–Crippen LogP) is 15.5. The maximum absolute atomic E-state index is 5.28. The zero-order valence-electron chi connectivity index (χ0n) is 37.2. The topological polar surface area (TPSA) is 46.6 Å². The Hall–Kier alpha value is -9.06. The molecule has 0 aliphatic carbocycles. The van der Waals surface area contributed by atoms with Gasteiger partial charge in [0.15, 0.2) is 5.84 Å². The lowest BCUT2D eigenvalue weighted by Crippen LogP contribution is -2.33. The van der Waals surface area contributed by atoms with E-state index in [1.807, 2.05) is 42.5 Å². The number of nitrogens with one attached hydrogen (secondary N) is 1. The fraction of sp³-hybridized carbons (Fsp3) is 0.0159. The van der Waals surface area contributed by atoms with Gasteiger partial charge in [0.25, 0.3) is 0 Å². The number of hydrogen-bond donors (Lipinski definition) is 1. The SMILES string of the molecule is C=C/C(=C\C=C\C1=NC(c2ccccc2)NC(c2cc(-c3ccccc3)c(-n3c4ccccc4c4c5c6ccccc6n(-c6ccccc6)c5ccc43)c(-c3ccccc3)c2)=N1)c1ccccc1. The smallest absolute Gasteiger partial charge is 0.152 e. The Morgan fingerprint density at radius 2 is 1.00 bits per heavy atom. The molecule has 0 spiro atoms. The zero-order chi connectivity index (χ0) is 45.4. The van der Waals surface area contributed by atoms with Crippen LogP contribution in [0.25, 0.3) is 82.8 Å². The number of fused-ring (bicyclic) bond motifs is 7. The summed E-state index contributed by atoms with van der Waals surface area (Å²) < 4.78 is 4.91. The summed E-state index contributed by atoms with van der Waals surface area (Å²) >= 11 is 0. The van der Waals surface area contributed by atoms with Crippen LogP contribution in [-0.2, 0) is 0 Å². The van der Waals surface area contributed by atoms with Crippen molar-refractivity contribution in [3.8, 4) is 33.6 Å². The molecule has 322 valence electrons. The second kappa shape index (κ2) is 17.4. The first-order valence-electron chi connectivity index (χ1n) is 23.1. The number of allylic oxidation sites excluding steroid dienone is 4. The molecular formula is C63H45N5. The second-order valence-corrected chi connectivity index (χ2v) is 17.0. The number of amidine groups is 2. The maximum Gasteiger partial charge on any atom is 0.152 e. The molecule has 1 aliphatic heterocycles. The van der Waals surface area contributed by atoms with E-state index in [1.165, 1.54) is 32.6 Å². The van der Waals surface area contributed by atoms with Crippen molar-refractivity contribution >= 4 is 60.9 Å². The van der Waals surface area contributed by atoms with Crippen LogP contribution in [0.15, 0.2) is 265 Å². The van der Waals surface area contributed by atoms with Crippen molar-refractivity contribution in [1.82, 2.24) is 14.5 Å². The Balaban J connectivity index is 1.12. The van der Waals surface area contributed by atoms with E-state index < -0.39 is 0 Å². The van der Waals surface area contributed by atoms with Crippen molar-refractivity contribution < 1.29 is 0 Å². The summed E-state index contributed by atoms with van der Waals surface area (Å²) in [5.74, 6) is 1.36. The third kappa shape index (κ3) is 7.14. The third-order valence-corrected chi connectivity index (χ3v) is 13.0. The molecule has 68 heavy (non-hydrogen) atoms. The molecule has 0 bridgehead atoms. The number of para-hydroxylation sites is 3. The van der Waals surface area contributed by atoms with Crippen molar-refractivity contribution in [2.45, 2.75) is 6.17 Å². The Labute approximate surface area is 395 Å². The van der Waals surface area contributed by atoms with E-state index in [1.54, 1.807) is 0 Å². The first kappa shape index (κ1) is 40.4. The van der Waals surface area contributed by atoms with Crippen LogP contribution in [-0.4, -0.2) is 20.8 Å². The van der Waals surface area contributed by atoms with Crippen molar-refractivity contribution in [3.63, 3.8) is 0 Å². The molecule has 5 heteroatoms. The molecule has 11 aromatic rings. The highest BCUT2D eigenvalue weighted by Crippen LogP contribution is 2.46. The molecule has 0 amide bonds. The Morgan fingerprint density at radius 1 is 0.500 bits per heavy atom. The van der Waals surface area contributed by atoms with Gasteiger partial charge in [-0.2, -0.15) is 0 Å². The Kier molecular flexibility index (Phi) is 10.3. The van der Waals surface area contributed by atoms with E-state index in [2.05, 4.69) is 227 Å². The molecule has 3 heterocycles. The van der Waals surface area contributed by atoms with Crippen LogP contribution in [0.2, 0.25) is 0 Å². The van der Waals surface area contributed by atoms with Crippen LogP contribution in [0.5, 0.6) is 0 Å². The van der Waals surface area contributed by atoms with E-state index in [0.717, 1.165) is 72.8 Å². The van der Waals surface area contributed by atoms with Crippen LogP contribution >= 0.6 is 0 Å². The van der Waals surface area contributed by atoms with Gasteiger partial charge < -0.3 is 14.5 Å². The first-order valence-corrected chi connectivity index (χ1v) is 23.1. The van der Waals surface area contributed by atoms with Crippen LogP contribution in [0.3, 0.4) is 0 Å². The monoisotopic (exact) mass is 871 g/mol. The molecule has 12 rings (SSSR count). The van der Waals surface area contributed by atoms with Gasteiger partial charge in [-0.05, 0) is 82.4 Å². The summed E-state index contributed by atoms with van der Waals surface area (Å²) in [7, 11) is 0. The molecule has 1 N–H and O–H groups in total. The number of nitrogens with zero attached hydrogens (tertiary/aromatic N) is 4. The molecule has 9 aromatic carbocycles. The molecule has 0 saturated carbocycles. The molecule has 1 atom stereocenters. The van der Waals surface area contributed by atoms with Crippen molar-refractivity contribution in [2.24, 2.45) is 9.98 Å². The molecule has 5 nitrogen and oxygen atoms in total. The highest BCUT2D eigenvalue weighted by atomic mass is 15.2. The van der Waals surface area contributed by atoms with E-state index in [0.29, 0.717) is 5.84 Å². The Bertz CT molecular complexity index is 3740. The Morgan fingerprint density at radius 3 is 1.59 bits per heavy atom. The number of aromatic nitrogens is 2. The average molecular weight is 872 g/mol. The average Bonchev–Trinajstić information content (AvgIpc) is 3.93. The number of benzene rings is 9. The molecule has 0 radical (unpaired) electrons. The van der Waals surface area contributed by atoms with Crippen LogP contribution < -0.4 is 5.32 Å². The van der Waals surface area contributed by atoms with E-state index in [4.69, 9.17) is 9.98 Å². The third-order valence-electron chi connectivity index (χ3n) is 13.0. The standard InChI is InChI=1S/C63H45N5/c1-2-43(44-23-8-3-9-24-44)31-22-38-58-64-62(47-29-14-6-15-30-47)66-63(65-58)48-41-52(45-25-10-4-11-26-45)61(53(42-48)46-27-12-5-13-28-46)68-55-37-21-19-35-51(55)60-57(68)40-39-56-59(60)50-34-18-20-36-54(50)67(56)49-32-16-7-17-33-49/h2-42,62H,1H2,(H,64,65,66)/b38-22+,43-31+. The summed E-state index contributed by atoms with van der Waals surface area (Å²) in [5, 5.41) is 8.65. The minimum atomic E-state index is -0.363. The fourth-order valence-electron chi connectivity index (χ4n) is 9.94. The summed E-state index contributed by atoms with van der Waals surface area (Å²) in [5.41, 5.74) is 15.3. The largest absolute Gasteiger partial charge is 0.344 e. The van der Waals surface area contributed by atoms with E-state index >= 15 is 0 Å². The number of hydrogen-bond acceptors (Lipinski definition) is 3. The highest BCUT2D eigenvalue weighted by molar-refractivity contribution is 6.29. The van der Waals surface area contributed by atoms with Gasteiger partial charge in [-0.1, -0.05) is 201 Å². The summed E-state index contributed by atoms with van der Waals surface area (Å²) in [4.78, 5) is 10.4. The van der Waals surface area contributed by atoms with Crippen molar-refractivity contribution in [2.75, 3.05) is 0 Å². The van der Waals surface area contributed by atoms with E-state index in [-0.39, 0.29) is 6.17 Å². The first-order chi connectivity index (χ1) is 33.7. The van der Waals surface area contributed by atoms with Crippen molar-refractivity contribution in [1.29, 1.82) is 0 Å². The summed E-state index contributed by atoms with van der Waals surface area (Å²) in [6.07, 6.45) is 7.58. The van der Waals surface area contributed by atoms with Crippen LogP contribution in [0.4, 0.5) is 0 Å². The highest BCUT2D eigenvalue weighted by Gasteiger charge is 2.26. The predicted molar refractivity (Wildman–Crippen MR) is 286 cm³/mol. The van der Waals surface area contributed by atoms with Crippen LogP contribution in [0.1, 0.15) is 22.9 Å². The summed E-state index contributed by atoms with van der Waals surface area (Å²) in [6, 6.07) is 79.8. The second-order valence-electron chi connectivity index (χ2n) is 17.0. The normalized spacial score (nSPS) is 14.1. The van der Waals surface area contributed by atoms with Gasteiger partial charge in [0.1, 0.15) is 12.0 Å². The summed E-state index contributed by atoms with van der Waals surface area (Å²) in [6.45, 7) is 4.10. The van der Waals surface area contributed by atoms with Gasteiger partial charge in [-0.25, -0.2) is 9.98 Å². The minimum Gasteiger partial charge on any atom is -0.344 e. The molecular weight excluding hydrogens is 827 g/mol. The zero-order valence-corrected chi connectivity index (χ0v) is 37.2. The molecule has 1 aliphatic rings. The molecule has 1 unspecified atom stereocenters. The minimum absolute atomic E-state index is 0.363. The van der Waals surface area contributed by atoms with Gasteiger partial charge in [0, 0.05) is 43.9 Å². The maximum atomic E-state index is 5.28. The van der Waals surface area contributed by atoms with Crippen molar-refractivity contribution in [3.05, 3.63) is 272 Å². The van der Waals surface area contributed by atoms with Gasteiger partial charge >= 0.3 is 0 Å². The van der Waals surface area contributed by atoms with Gasteiger partial charge in [0.2, 0.25) is 0 Å². The molecule has 0 saturated heterocycles. The van der Waals surface area contributed by atoms with Gasteiger partial charge in [-0.15, -0.1) is 0 Å².